The van der Waals surface area contributed by atoms with Crippen LogP contribution in [0.3, 0.4) is 0 Å². The number of carbonyl (C=O) groups excluding carboxylic acids is 2. The summed E-state index contributed by atoms with van der Waals surface area (Å²) in [7, 11) is 0.986. The van der Waals surface area contributed by atoms with Crippen molar-refractivity contribution in [2.75, 3.05) is 50.6 Å². The maximum Gasteiger partial charge on any atom is 0.255 e. The average molecular weight is 717 g/mol. The minimum absolute atomic E-state index is 0.0886. The van der Waals surface area contributed by atoms with Gasteiger partial charge in [0.25, 0.3) is 5.91 Å². The number of benzene rings is 4. The molecule has 5 aromatic rings. The molecule has 2 unspecified atom stereocenters. The summed E-state index contributed by atoms with van der Waals surface area (Å²) >= 11 is 0. The average Bonchev–Trinajstić information content (AvgIpc) is 3.85. The molecule has 2 saturated heterocycles. The van der Waals surface area contributed by atoms with Crippen molar-refractivity contribution in [2.24, 2.45) is 0 Å². The molecule has 2 N–H and O–H groups in total. The second kappa shape index (κ2) is 15.2. The van der Waals surface area contributed by atoms with Crippen LogP contribution < -0.4 is 5.32 Å². The first-order valence-electron chi connectivity index (χ1n) is 17.7. The van der Waals surface area contributed by atoms with E-state index >= 15 is 0 Å². The molecule has 2 atom stereocenters. The Morgan fingerprint density at radius 2 is 1.48 bits per heavy atom. The molecule has 0 saturated carbocycles. The number of nitrogens with one attached hydrogen (secondary N) is 2. The molecule has 2 amide bonds. The van der Waals surface area contributed by atoms with E-state index < -0.39 is 9.84 Å². The quantitative estimate of drug-likeness (QED) is 0.177. The van der Waals surface area contributed by atoms with Gasteiger partial charge in [-0.05, 0) is 79.0 Å². The Balaban J connectivity index is 0.957. The van der Waals surface area contributed by atoms with E-state index in [-0.39, 0.29) is 35.4 Å². The number of likely N-dealkylation sites (N-methyl/N-ethyl adjacent to an activating group) is 1. The first-order valence-corrected chi connectivity index (χ1v) is 19.6. The molecule has 268 valence electrons. The van der Waals surface area contributed by atoms with Crippen molar-refractivity contribution in [3.05, 3.63) is 132 Å². The van der Waals surface area contributed by atoms with Crippen LogP contribution in [-0.2, 0) is 21.2 Å². The SMILES string of the molecule is CN(C)C(C(=O)N1CCCC1c1ncc(-c2ccc(-c3ccc(C(=O)Nc4ccc(CN5CCS(=O)(=O)CC5)cc4)cc3)cc2)[nH]1)c1ccccc1. The molecule has 2 fully saturated rings. The second-order valence-electron chi connectivity index (χ2n) is 13.9. The minimum atomic E-state index is -2.90. The fraction of sp³-hybridized carbons (Fsp3) is 0.293. The summed E-state index contributed by atoms with van der Waals surface area (Å²) < 4.78 is 23.4. The lowest BCUT2D eigenvalue weighted by molar-refractivity contribution is -0.137. The predicted molar refractivity (Wildman–Crippen MR) is 204 cm³/mol. The first-order chi connectivity index (χ1) is 25.1. The monoisotopic (exact) mass is 716 g/mol. The van der Waals surface area contributed by atoms with E-state index in [1.54, 1.807) is 0 Å². The van der Waals surface area contributed by atoms with Gasteiger partial charge in [0.05, 0.1) is 29.4 Å². The largest absolute Gasteiger partial charge is 0.340 e. The highest BCUT2D eigenvalue weighted by atomic mass is 32.2. The van der Waals surface area contributed by atoms with Gasteiger partial charge >= 0.3 is 0 Å². The Kier molecular flexibility index (Phi) is 10.4. The van der Waals surface area contributed by atoms with Crippen molar-refractivity contribution in [1.82, 2.24) is 24.7 Å². The molecule has 0 bridgehead atoms. The van der Waals surface area contributed by atoms with Gasteiger partial charge in [0.15, 0.2) is 9.84 Å². The standard InChI is InChI=1S/C41H44N6O4S/c1-45(2)38(33-7-4-3-5-8-33)41(49)47-22-6-9-37(47)39-42-27-36(44-39)32-16-12-30(13-17-32)31-14-18-34(19-15-31)40(48)43-35-20-10-29(11-21-35)28-46-23-25-52(50,51)26-24-46/h3-5,7-8,10-21,27,37-38H,6,9,22-26,28H2,1-2H3,(H,42,44)(H,43,48). The zero-order valence-electron chi connectivity index (χ0n) is 29.5. The number of imidazole rings is 1. The third-order valence-electron chi connectivity index (χ3n) is 10.0. The highest BCUT2D eigenvalue weighted by Crippen LogP contribution is 2.35. The van der Waals surface area contributed by atoms with Crippen molar-refractivity contribution in [3.63, 3.8) is 0 Å². The van der Waals surface area contributed by atoms with Crippen molar-refractivity contribution < 1.29 is 18.0 Å². The number of anilines is 1. The van der Waals surface area contributed by atoms with E-state index in [4.69, 9.17) is 4.98 Å². The van der Waals surface area contributed by atoms with Crippen molar-refractivity contribution >= 4 is 27.3 Å². The predicted octanol–water partition coefficient (Wildman–Crippen LogP) is 6.19. The topological polar surface area (TPSA) is 119 Å². The number of aromatic nitrogens is 2. The van der Waals surface area contributed by atoms with Crippen molar-refractivity contribution in [3.8, 4) is 22.4 Å². The lowest BCUT2D eigenvalue weighted by Gasteiger charge is -2.31. The molecule has 2 aliphatic rings. The Morgan fingerprint density at radius 3 is 2.13 bits per heavy atom. The number of nitrogens with zero attached hydrogens (tertiary/aromatic N) is 4. The number of aromatic amines is 1. The van der Waals surface area contributed by atoms with Gasteiger partial charge in [-0.15, -0.1) is 0 Å². The Labute approximate surface area is 305 Å². The summed E-state index contributed by atoms with van der Waals surface area (Å²) in [4.78, 5) is 41.2. The number of H-pyrrole nitrogens is 1. The molecule has 0 spiro atoms. The summed E-state index contributed by atoms with van der Waals surface area (Å²) in [6.07, 6.45) is 3.64. The summed E-state index contributed by atoms with van der Waals surface area (Å²) in [5.41, 5.74) is 7.24. The third kappa shape index (κ3) is 8.02. The first kappa shape index (κ1) is 35.3. The molecule has 3 heterocycles. The van der Waals surface area contributed by atoms with Crippen LogP contribution in [0.1, 0.15) is 52.2 Å². The van der Waals surface area contributed by atoms with E-state index in [0.717, 1.165) is 52.2 Å². The number of likely N-dealkylation sites (tertiary alicyclic amines) is 1. The molecule has 52 heavy (non-hydrogen) atoms. The van der Waals surface area contributed by atoms with E-state index in [2.05, 4.69) is 39.5 Å². The minimum Gasteiger partial charge on any atom is -0.340 e. The molecule has 1 aromatic heterocycles. The zero-order valence-corrected chi connectivity index (χ0v) is 30.4. The van der Waals surface area contributed by atoms with Crippen molar-refractivity contribution in [1.29, 1.82) is 0 Å². The van der Waals surface area contributed by atoms with E-state index in [1.807, 2.05) is 109 Å². The smallest absolute Gasteiger partial charge is 0.255 e. The summed E-state index contributed by atoms with van der Waals surface area (Å²) in [5.74, 6) is 1.11. The molecule has 0 aliphatic carbocycles. The molecular weight excluding hydrogens is 673 g/mol. The number of carbonyl (C=O) groups is 2. The number of hydrogen-bond acceptors (Lipinski definition) is 7. The van der Waals surface area contributed by atoms with Crippen LogP contribution in [0.4, 0.5) is 5.69 Å². The van der Waals surface area contributed by atoms with Crippen LogP contribution in [0.25, 0.3) is 22.4 Å². The van der Waals surface area contributed by atoms with Gasteiger partial charge in [0, 0.05) is 37.4 Å². The van der Waals surface area contributed by atoms with Gasteiger partial charge in [-0.2, -0.15) is 0 Å². The highest BCUT2D eigenvalue weighted by Gasteiger charge is 2.37. The van der Waals surface area contributed by atoms with Crippen LogP contribution >= 0.6 is 0 Å². The number of rotatable bonds is 10. The van der Waals surface area contributed by atoms with Crippen LogP contribution in [0, 0.1) is 0 Å². The van der Waals surface area contributed by atoms with Crippen molar-refractivity contribution in [2.45, 2.75) is 31.5 Å². The molecule has 7 rings (SSSR count). The van der Waals surface area contributed by atoms with Gasteiger partial charge in [0.2, 0.25) is 5.91 Å². The lowest BCUT2D eigenvalue weighted by atomic mass is 10.0. The van der Waals surface area contributed by atoms with E-state index in [0.29, 0.717) is 37.4 Å². The Bertz CT molecular complexity index is 2100. The molecule has 0 radical (unpaired) electrons. The molecule has 10 nitrogen and oxygen atoms in total. The van der Waals surface area contributed by atoms with Crippen LogP contribution in [0.15, 0.2) is 109 Å². The Morgan fingerprint density at radius 1 is 0.846 bits per heavy atom. The number of hydrogen-bond donors (Lipinski definition) is 2. The maximum absolute atomic E-state index is 13.8. The van der Waals surface area contributed by atoms with Gasteiger partial charge in [-0.1, -0.05) is 78.9 Å². The fourth-order valence-electron chi connectivity index (χ4n) is 7.14. The van der Waals surface area contributed by atoms with E-state index in [9.17, 15) is 18.0 Å². The zero-order chi connectivity index (χ0) is 36.2. The maximum atomic E-state index is 13.8. The highest BCUT2D eigenvalue weighted by molar-refractivity contribution is 7.91. The second-order valence-corrected chi connectivity index (χ2v) is 16.2. The molecule has 4 aromatic carbocycles. The third-order valence-corrected chi connectivity index (χ3v) is 11.7. The van der Waals surface area contributed by atoms with Crippen LogP contribution in [0.5, 0.6) is 0 Å². The van der Waals surface area contributed by atoms with Gasteiger partial charge in [0.1, 0.15) is 11.9 Å². The number of sulfone groups is 1. The summed E-state index contributed by atoms with van der Waals surface area (Å²) in [6.45, 7) is 2.48. The van der Waals surface area contributed by atoms with Gasteiger partial charge in [-0.3, -0.25) is 19.4 Å². The molecule has 11 heteroatoms. The van der Waals surface area contributed by atoms with Gasteiger partial charge < -0.3 is 15.2 Å². The molecular formula is C41H44N6O4S. The Hall–Kier alpha value is -5.10. The summed E-state index contributed by atoms with van der Waals surface area (Å²) in [6, 6.07) is 32.9. The fourth-order valence-corrected chi connectivity index (χ4v) is 8.42. The lowest BCUT2D eigenvalue weighted by Crippen LogP contribution is -2.40. The van der Waals surface area contributed by atoms with E-state index in [1.165, 1.54) is 0 Å². The number of amides is 2. The molecule has 2 aliphatic heterocycles. The van der Waals surface area contributed by atoms with Crippen LogP contribution in [0.2, 0.25) is 0 Å². The van der Waals surface area contributed by atoms with Gasteiger partial charge in [-0.25, -0.2) is 13.4 Å². The van der Waals surface area contributed by atoms with Crippen LogP contribution in [-0.4, -0.2) is 90.1 Å². The normalized spacial score (nSPS) is 18.0. The summed E-state index contributed by atoms with van der Waals surface area (Å²) in [5, 5.41) is 2.97.